The number of morpholine rings is 1. The summed E-state index contributed by atoms with van der Waals surface area (Å²) in [6, 6.07) is 3.77. The van der Waals surface area contributed by atoms with Crippen LogP contribution in [0.4, 0.5) is 11.5 Å². The second-order valence-corrected chi connectivity index (χ2v) is 8.91. The van der Waals surface area contributed by atoms with Crippen LogP contribution < -0.4 is 24.3 Å². The third-order valence-corrected chi connectivity index (χ3v) is 5.91. The van der Waals surface area contributed by atoms with Gasteiger partial charge in [-0.2, -0.15) is 0 Å². The number of hydrogen-bond acceptors (Lipinski definition) is 10. The van der Waals surface area contributed by atoms with Crippen LogP contribution in [0.2, 0.25) is 5.02 Å². The van der Waals surface area contributed by atoms with Gasteiger partial charge in [-0.15, -0.1) is 0 Å². The van der Waals surface area contributed by atoms with E-state index < -0.39 is 0 Å². The van der Waals surface area contributed by atoms with Gasteiger partial charge in [0, 0.05) is 31.8 Å². The van der Waals surface area contributed by atoms with E-state index in [9.17, 15) is 0 Å². The van der Waals surface area contributed by atoms with Crippen LogP contribution in [0, 0.1) is 0 Å². The van der Waals surface area contributed by atoms with Gasteiger partial charge in [-0.1, -0.05) is 11.6 Å². The van der Waals surface area contributed by atoms with E-state index in [4.69, 9.17) is 35.3 Å². The maximum absolute atomic E-state index is 6.42. The first kappa shape index (κ1) is 23.7. The van der Waals surface area contributed by atoms with Crippen LogP contribution in [-0.4, -0.2) is 72.2 Å². The molecule has 1 aromatic carbocycles. The van der Waals surface area contributed by atoms with Crippen molar-refractivity contribution < 1.29 is 23.7 Å². The molecular formula is C24H28ClN5O5. The molecule has 1 fully saturated rings. The molecule has 186 valence electrons. The van der Waals surface area contributed by atoms with Crippen molar-refractivity contribution in [3.63, 3.8) is 0 Å². The molecule has 3 aromatic rings. The van der Waals surface area contributed by atoms with Gasteiger partial charge < -0.3 is 29.0 Å². The van der Waals surface area contributed by atoms with Gasteiger partial charge in [0.2, 0.25) is 12.5 Å². The summed E-state index contributed by atoms with van der Waals surface area (Å²) in [7, 11) is 0. The van der Waals surface area contributed by atoms with E-state index >= 15 is 0 Å². The van der Waals surface area contributed by atoms with E-state index in [-0.39, 0.29) is 12.9 Å². The number of rotatable bonds is 9. The number of nitrogens with zero attached hydrogens (tertiary/aromatic N) is 4. The second kappa shape index (κ2) is 10.7. The molecule has 10 nitrogen and oxygen atoms in total. The molecule has 0 spiro atoms. The third-order valence-electron chi connectivity index (χ3n) is 5.63. The molecule has 1 N–H and O–H groups in total. The van der Waals surface area contributed by atoms with Crippen molar-refractivity contribution in [1.82, 2.24) is 19.9 Å². The molecule has 0 unspecified atom stereocenters. The van der Waals surface area contributed by atoms with E-state index in [0.717, 1.165) is 39.3 Å². The molecule has 0 radical (unpaired) electrons. The summed E-state index contributed by atoms with van der Waals surface area (Å²) in [5.41, 5.74) is 1.20. The molecule has 2 aromatic heterocycles. The highest BCUT2D eigenvalue weighted by atomic mass is 35.5. The Morgan fingerprint density at radius 1 is 1.14 bits per heavy atom. The molecule has 0 bridgehead atoms. The zero-order valence-electron chi connectivity index (χ0n) is 19.8. The summed E-state index contributed by atoms with van der Waals surface area (Å²) in [6.07, 6.45) is 3.85. The van der Waals surface area contributed by atoms with Crippen molar-refractivity contribution in [2.75, 3.05) is 51.6 Å². The van der Waals surface area contributed by atoms with E-state index in [1.807, 2.05) is 26.0 Å². The minimum atomic E-state index is -0.0617. The van der Waals surface area contributed by atoms with E-state index in [0.29, 0.717) is 57.2 Å². The Morgan fingerprint density at radius 2 is 2.00 bits per heavy atom. The van der Waals surface area contributed by atoms with Crippen molar-refractivity contribution in [1.29, 1.82) is 0 Å². The van der Waals surface area contributed by atoms with Crippen molar-refractivity contribution in [3.05, 3.63) is 29.7 Å². The van der Waals surface area contributed by atoms with Gasteiger partial charge in [0.05, 0.1) is 48.0 Å². The van der Waals surface area contributed by atoms with Gasteiger partial charge in [0.1, 0.15) is 29.3 Å². The lowest BCUT2D eigenvalue weighted by Crippen LogP contribution is -2.37. The molecule has 11 heteroatoms. The fourth-order valence-corrected chi connectivity index (χ4v) is 4.21. The Labute approximate surface area is 208 Å². The summed E-state index contributed by atoms with van der Waals surface area (Å²) >= 11 is 6.42. The standard InChI is InChI=1S/C24H28ClN5O5/c1-15(2)35-19-11-16(32-7-3-4-30-5-8-31-9-6-30)10-18-20(19)23(28-13-27-18)29-21-17(25)12-26-24-22(21)33-14-34-24/h10-13,15H,3-9,14H2,1-2H3,(H,26,27,28,29). The van der Waals surface area contributed by atoms with Gasteiger partial charge in [-0.05, 0) is 20.3 Å². The van der Waals surface area contributed by atoms with Crippen LogP contribution in [0.25, 0.3) is 10.9 Å². The number of anilines is 2. The minimum Gasteiger partial charge on any atom is -0.493 e. The first-order valence-corrected chi connectivity index (χ1v) is 12.1. The quantitative estimate of drug-likeness (QED) is 0.432. The summed E-state index contributed by atoms with van der Waals surface area (Å²) in [4.78, 5) is 15.5. The van der Waals surface area contributed by atoms with E-state index in [2.05, 4.69) is 25.2 Å². The number of benzene rings is 1. The van der Waals surface area contributed by atoms with Gasteiger partial charge in [0.25, 0.3) is 5.88 Å². The lowest BCUT2D eigenvalue weighted by atomic mass is 10.2. The van der Waals surface area contributed by atoms with Crippen molar-refractivity contribution >= 4 is 34.0 Å². The molecular weight excluding hydrogens is 474 g/mol. The molecule has 5 rings (SSSR count). The molecule has 0 amide bonds. The first-order chi connectivity index (χ1) is 17.1. The van der Waals surface area contributed by atoms with Gasteiger partial charge in [-0.25, -0.2) is 15.0 Å². The molecule has 0 aliphatic carbocycles. The zero-order valence-corrected chi connectivity index (χ0v) is 20.5. The minimum absolute atomic E-state index is 0.0617. The Morgan fingerprint density at radius 3 is 2.83 bits per heavy atom. The number of ether oxygens (including phenoxy) is 5. The fraction of sp³-hybridized carbons (Fsp3) is 0.458. The maximum atomic E-state index is 6.42. The highest BCUT2D eigenvalue weighted by molar-refractivity contribution is 6.33. The average Bonchev–Trinajstić information content (AvgIpc) is 3.33. The Balaban J connectivity index is 1.40. The molecule has 0 atom stereocenters. The number of halogens is 1. The fourth-order valence-electron chi connectivity index (χ4n) is 4.03. The topological polar surface area (TPSA) is 100 Å². The molecule has 0 saturated carbocycles. The number of pyridine rings is 1. The second-order valence-electron chi connectivity index (χ2n) is 8.51. The number of fused-ring (bicyclic) bond motifs is 2. The Kier molecular flexibility index (Phi) is 7.21. The number of aromatic nitrogens is 3. The van der Waals surface area contributed by atoms with Crippen molar-refractivity contribution in [2.45, 2.75) is 26.4 Å². The normalized spacial score (nSPS) is 15.5. The highest BCUT2D eigenvalue weighted by Crippen LogP contribution is 2.44. The zero-order chi connectivity index (χ0) is 24.2. The predicted octanol–water partition coefficient (Wildman–Crippen LogP) is 4.04. The van der Waals surface area contributed by atoms with Crippen LogP contribution in [0.5, 0.6) is 23.1 Å². The lowest BCUT2D eigenvalue weighted by Gasteiger charge is -2.26. The van der Waals surface area contributed by atoms with Gasteiger partial charge >= 0.3 is 0 Å². The Hall–Kier alpha value is -3.08. The predicted molar refractivity (Wildman–Crippen MR) is 131 cm³/mol. The molecule has 1 saturated heterocycles. The lowest BCUT2D eigenvalue weighted by molar-refractivity contribution is 0.0358. The largest absolute Gasteiger partial charge is 0.493 e. The van der Waals surface area contributed by atoms with E-state index in [1.54, 1.807) is 0 Å². The van der Waals surface area contributed by atoms with Crippen molar-refractivity contribution in [3.8, 4) is 23.1 Å². The molecule has 35 heavy (non-hydrogen) atoms. The van der Waals surface area contributed by atoms with Gasteiger partial charge in [-0.3, -0.25) is 4.90 Å². The molecule has 2 aliphatic heterocycles. The smallest absolute Gasteiger partial charge is 0.262 e. The van der Waals surface area contributed by atoms with Crippen LogP contribution in [0.1, 0.15) is 20.3 Å². The number of nitrogens with one attached hydrogen (secondary N) is 1. The van der Waals surface area contributed by atoms with Crippen LogP contribution in [-0.2, 0) is 4.74 Å². The van der Waals surface area contributed by atoms with E-state index in [1.165, 1.54) is 12.5 Å². The first-order valence-electron chi connectivity index (χ1n) is 11.7. The monoisotopic (exact) mass is 501 g/mol. The summed E-state index contributed by atoms with van der Waals surface area (Å²) in [5.74, 6) is 2.65. The highest BCUT2D eigenvalue weighted by Gasteiger charge is 2.24. The summed E-state index contributed by atoms with van der Waals surface area (Å²) < 4.78 is 28.6. The number of hydrogen-bond donors (Lipinski definition) is 1. The average molecular weight is 502 g/mol. The molecule has 4 heterocycles. The summed E-state index contributed by atoms with van der Waals surface area (Å²) in [5, 5.41) is 4.37. The summed E-state index contributed by atoms with van der Waals surface area (Å²) in [6.45, 7) is 9.12. The SMILES string of the molecule is CC(C)Oc1cc(OCCCN2CCOCC2)cc2ncnc(Nc3c(Cl)cnc4c3OCO4)c12. The third kappa shape index (κ3) is 5.44. The van der Waals surface area contributed by atoms with Crippen molar-refractivity contribution in [2.24, 2.45) is 0 Å². The Bertz CT molecular complexity index is 1190. The van der Waals surface area contributed by atoms with Crippen LogP contribution in [0.3, 0.4) is 0 Å². The van der Waals surface area contributed by atoms with Crippen LogP contribution >= 0.6 is 11.6 Å². The molecule has 2 aliphatic rings. The van der Waals surface area contributed by atoms with Gasteiger partial charge in [0.15, 0.2) is 0 Å². The maximum Gasteiger partial charge on any atom is 0.262 e. The van der Waals surface area contributed by atoms with Crippen LogP contribution in [0.15, 0.2) is 24.7 Å².